The van der Waals surface area contributed by atoms with E-state index >= 15 is 0 Å². The second-order valence-electron chi connectivity index (χ2n) is 7.27. The van der Waals surface area contributed by atoms with Gasteiger partial charge in [-0.05, 0) is 43.2 Å². The maximum Gasteiger partial charge on any atom is 0.308 e. The molecule has 1 N–H and O–H groups in total. The number of hydrogen-bond donors (Lipinski definition) is 1. The van der Waals surface area contributed by atoms with Crippen molar-refractivity contribution >= 4 is 27.8 Å². The quantitative estimate of drug-likeness (QED) is 0.747. The van der Waals surface area contributed by atoms with Gasteiger partial charge in [-0.15, -0.1) is 11.8 Å². The molecule has 8 heteroatoms. The Morgan fingerprint density at radius 1 is 1.14 bits per heavy atom. The molecule has 1 saturated heterocycles. The maximum atomic E-state index is 12.5. The van der Waals surface area contributed by atoms with Gasteiger partial charge in [0.1, 0.15) is 5.75 Å². The topological polar surface area (TPSA) is 83.9 Å². The van der Waals surface area contributed by atoms with Crippen LogP contribution in [-0.2, 0) is 14.8 Å². The van der Waals surface area contributed by atoms with Crippen LogP contribution in [0.5, 0.6) is 5.75 Å². The fourth-order valence-corrected chi connectivity index (χ4v) is 5.98. The van der Waals surface area contributed by atoms with Crippen LogP contribution in [-0.4, -0.2) is 49.0 Å². The van der Waals surface area contributed by atoms with Crippen molar-refractivity contribution in [1.29, 1.82) is 0 Å². The van der Waals surface area contributed by atoms with E-state index in [9.17, 15) is 18.3 Å². The minimum atomic E-state index is -3.56. The first kappa shape index (κ1) is 21.7. The van der Waals surface area contributed by atoms with Gasteiger partial charge >= 0.3 is 5.97 Å². The number of rotatable bonds is 6. The monoisotopic (exact) mass is 435 g/mol. The van der Waals surface area contributed by atoms with Crippen LogP contribution >= 0.6 is 11.8 Å². The highest BCUT2D eigenvalue weighted by Crippen LogP contribution is 2.43. The zero-order chi connectivity index (χ0) is 21.2. The molecule has 1 heterocycles. The Labute approximate surface area is 175 Å². The Hall–Kier alpha value is -2.03. The number of sulfonamides is 1. The highest BCUT2D eigenvalue weighted by molar-refractivity contribution is 8.00. The van der Waals surface area contributed by atoms with Crippen molar-refractivity contribution in [1.82, 2.24) is 4.31 Å². The van der Waals surface area contributed by atoms with Gasteiger partial charge in [-0.3, -0.25) is 4.79 Å². The summed E-state index contributed by atoms with van der Waals surface area (Å²) in [5, 5.41) is 9.53. The standard InChI is InChI=1S/C21H25NO5S2/c1-14-4-6-15(7-5-14)19-12-20(28-17-10-8-16(27-2)9-11-17)18(21(23)24)13-22(19)29(3,25)26/h4-11,18-20H,12-13H2,1-3H3,(H,23,24)/t18-,19+,20-/m1/s1. The molecule has 3 rings (SSSR count). The maximum absolute atomic E-state index is 12.5. The Bertz CT molecular complexity index is 958. The van der Waals surface area contributed by atoms with Crippen LogP contribution in [0, 0.1) is 12.8 Å². The molecule has 1 aliphatic rings. The summed E-state index contributed by atoms with van der Waals surface area (Å²) in [5.41, 5.74) is 1.97. The summed E-state index contributed by atoms with van der Waals surface area (Å²) in [7, 11) is -1.97. The molecule has 0 unspecified atom stereocenters. The number of aliphatic carboxylic acids is 1. The summed E-state index contributed by atoms with van der Waals surface area (Å²) in [6.07, 6.45) is 1.56. The van der Waals surface area contributed by atoms with Gasteiger partial charge < -0.3 is 9.84 Å². The lowest BCUT2D eigenvalue weighted by atomic mass is 9.90. The average Bonchev–Trinajstić information content (AvgIpc) is 2.68. The van der Waals surface area contributed by atoms with E-state index in [2.05, 4.69) is 0 Å². The van der Waals surface area contributed by atoms with Crippen molar-refractivity contribution in [2.45, 2.75) is 29.5 Å². The van der Waals surface area contributed by atoms with E-state index in [-0.39, 0.29) is 11.8 Å². The van der Waals surface area contributed by atoms with Crippen molar-refractivity contribution in [3.63, 3.8) is 0 Å². The predicted octanol–water partition coefficient (Wildman–Crippen LogP) is 3.57. The Balaban J connectivity index is 1.94. The molecule has 6 nitrogen and oxygen atoms in total. The fraction of sp³-hybridized carbons (Fsp3) is 0.381. The number of carboxylic acid groups (broad SMARTS) is 1. The van der Waals surface area contributed by atoms with E-state index in [1.165, 1.54) is 16.1 Å². The third-order valence-electron chi connectivity index (χ3n) is 5.18. The molecule has 0 spiro atoms. The molecule has 0 aliphatic carbocycles. The summed E-state index contributed by atoms with van der Waals surface area (Å²) < 4.78 is 31.4. The van der Waals surface area contributed by atoms with E-state index < -0.39 is 28.0 Å². The number of nitrogens with zero attached hydrogens (tertiary/aromatic N) is 1. The molecule has 156 valence electrons. The summed E-state index contributed by atoms with van der Waals surface area (Å²) in [6, 6.07) is 14.8. The highest BCUT2D eigenvalue weighted by atomic mass is 32.2. The van der Waals surface area contributed by atoms with Crippen molar-refractivity contribution in [2.75, 3.05) is 19.9 Å². The summed E-state index contributed by atoms with van der Waals surface area (Å²) in [4.78, 5) is 12.9. The van der Waals surface area contributed by atoms with Crippen molar-refractivity contribution in [2.24, 2.45) is 5.92 Å². The molecule has 2 aromatic carbocycles. The van der Waals surface area contributed by atoms with E-state index in [1.54, 1.807) is 7.11 Å². The molecule has 0 saturated carbocycles. The smallest absolute Gasteiger partial charge is 0.308 e. The lowest BCUT2D eigenvalue weighted by Gasteiger charge is -2.41. The molecule has 3 atom stereocenters. The Morgan fingerprint density at radius 2 is 1.76 bits per heavy atom. The van der Waals surface area contributed by atoms with Gasteiger partial charge in [0.05, 0.1) is 25.3 Å². The number of methoxy groups -OCH3 is 1. The Kier molecular flexibility index (Phi) is 6.55. The second kappa shape index (κ2) is 8.77. The number of benzene rings is 2. The second-order valence-corrected chi connectivity index (χ2v) is 10.5. The molecule has 0 bridgehead atoms. The SMILES string of the molecule is COc1ccc(S[C@@H]2C[C@@H](c3ccc(C)cc3)N(S(C)(=O)=O)C[C@H]2C(=O)O)cc1. The molecular weight excluding hydrogens is 410 g/mol. The van der Waals surface area contributed by atoms with Crippen LogP contribution in [0.2, 0.25) is 0 Å². The zero-order valence-corrected chi connectivity index (χ0v) is 18.2. The third-order valence-corrected chi connectivity index (χ3v) is 7.80. The largest absolute Gasteiger partial charge is 0.497 e. The number of piperidine rings is 1. The number of hydrogen-bond acceptors (Lipinski definition) is 5. The fourth-order valence-electron chi connectivity index (χ4n) is 3.59. The van der Waals surface area contributed by atoms with Gasteiger partial charge in [0.15, 0.2) is 0 Å². The number of ether oxygens (including phenoxy) is 1. The first-order chi connectivity index (χ1) is 13.7. The van der Waals surface area contributed by atoms with Gasteiger partial charge in [0.25, 0.3) is 0 Å². The van der Waals surface area contributed by atoms with Crippen LogP contribution in [0.15, 0.2) is 53.4 Å². The van der Waals surface area contributed by atoms with Crippen molar-refractivity contribution in [3.8, 4) is 5.75 Å². The van der Waals surface area contributed by atoms with E-state index in [4.69, 9.17) is 4.74 Å². The van der Waals surface area contributed by atoms with Crippen LogP contribution < -0.4 is 4.74 Å². The normalized spacial score (nSPS) is 22.9. The van der Waals surface area contributed by atoms with E-state index in [0.29, 0.717) is 6.42 Å². The van der Waals surface area contributed by atoms with Crippen molar-refractivity contribution in [3.05, 3.63) is 59.7 Å². The minimum absolute atomic E-state index is 0.0411. The summed E-state index contributed by atoms with van der Waals surface area (Å²) in [6.45, 7) is 1.93. The van der Waals surface area contributed by atoms with Crippen LogP contribution in [0.3, 0.4) is 0 Å². The molecule has 2 aromatic rings. The van der Waals surface area contributed by atoms with Gasteiger partial charge in [0, 0.05) is 16.7 Å². The zero-order valence-electron chi connectivity index (χ0n) is 16.6. The van der Waals surface area contributed by atoms with E-state index in [0.717, 1.165) is 28.0 Å². The first-order valence-corrected chi connectivity index (χ1v) is 12.0. The average molecular weight is 436 g/mol. The summed E-state index contributed by atoms with van der Waals surface area (Å²) >= 11 is 1.48. The number of carboxylic acids is 1. The molecule has 0 radical (unpaired) electrons. The lowest BCUT2D eigenvalue weighted by Crippen LogP contribution is -2.49. The Morgan fingerprint density at radius 3 is 2.28 bits per heavy atom. The minimum Gasteiger partial charge on any atom is -0.497 e. The van der Waals surface area contributed by atoms with Crippen LogP contribution in [0.25, 0.3) is 0 Å². The van der Waals surface area contributed by atoms with Crippen LogP contribution in [0.1, 0.15) is 23.6 Å². The predicted molar refractivity (Wildman–Crippen MR) is 114 cm³/mol. The molecule has 1 fully saturated rings. The molecule has 1 aliphatic heterocycles. The van der Waals surface area contributed by atoms with E-state index in [1.807, 2.05) is 55.5 Å². The number of carbonyl (C=O) groups is 1. The first-order valence-electron chi connectivity index (χ1n) is 9.26. The molecule has 0 amide bonds. The lowest BCUT2D eigenvalue weighted by molar-refractivity contribution is -0.143. The summed E-state index contributed by atoms with van der Waals surface area (Å²) in [5.74, 6) is -1.04. The van der Waals surface area contributed by atoms with Gasteiger partial charge in [-0.1, -0.05) is 29.8 Å². The number of thioether (sulfide) groups is 1. The van der Waals surface area contributed by atoms with Gasteiger partial charge in [-0.2, -0.15) is 4.31 Å². The highest BCUT2D eigenvalue weighted by Gasteiger charge is 2.43. The van der Waals surface area contributed by atoms with Gasteiger partial charge in [-0.25, -0.2) is 8.42 Å². The van der Waals surface area contributed by atoms with Crippen LogP contribution in [0.4, 0.5) is 0 Å². The van der Waals surface area contributed by atoms with Gasteiger partial charge in [0.2, 0.25) is 10.0 Å². The third kappa shape index (κ3) is 5.12. The number of aryl methyl sites for hydroxylation is 1. The molecular formula is C21H25NO5S2. The molecule has 0 aromatic heterocycles. The molecule has 29 heavy (non-hydrogen) atoms. The van der Waals surface area contributed by atoms with Crippen molar-refractivity contribution < 1.29 is 23.1 Å².